The van der Waals surface area contributed by atoms with Crippen LogP contribution in [0.15, 0.2) is 12.7 Å². The van der Waals surface area contributed by atoms with Crippen LogP contribution in [0.2, 0.25) is 0 Å². The number of carbonyl (C=O) groups is 2. The normalized spacial score (nSPS) is 20.0. The van der Waals surface area contributed by atoms with E-state index in [0.717, 1.165) is 32.2 Å². The standard InChI is InChI=1S/C20H33N5O3/c1-17(2)5-9-23-12-13-28-20(14-19(23)27)6-10-24(11-7-20)18(26)4-3-8-25-16-21-15-22-25/h15-17H,3-14H2,1-2H3. The predicted molar refractivity (Wildman–Crippen MR) is 104 cm³/mol. The monoisotopic (exact) mass is 391 g/mol. The van der Waals surface area contributed by atoms with E-state index in [1.165, 1.54) is 6.33 Å². The van der Waals surface area contributed by atoms with E-state index < -0.39 is 0 Å². The van der Waals surface area contributed by atoms with Gasteiger partial charge in [-0.1, -0.05) is 13.8 Å². The maximum atomic E-state index is 12.7. The van der Waals surface area contributed by atoms with Crippen LogP contribution < -0.4 is 0 Å². The zero-order chi connectivity index (χ0) is 20.0. The highest BCUT2D eigenvalue weighted by Gasteiger charge is 2.41. The second-order valence-corrected chi connectivity index (χ2v) is 8.41. The molecule has 28 heavy (non-hydrogen) atoms. The number of aromatic nitrogens is 3. The van der Waals surface area contributed by atoms with Crippen molar-refractivity contribution >= 4 is 11.8 Å². The van der Waals surface area contributed by atoms with Gasteiger partial charge in [-0.15, -0.1) is 0 Å². The minimum Gasteiger partial charge on any atom is -0.372 e. The molecule has 2 aliphatic heterocycles. The van der Waals surface area contributed by atoms with Crippen LogP contribution in [0.25, 0.3) is 0 Å². The highest BCUT2D eigenvalue weighted by atomic mass is 16.5. The van der Waals surface area contributed by atoms with Gasteiger partial charge in [0.1, 0.15) is 12.7 Å². The van der Waals surface area contributed by atoms with Crippen molar-refractivity contribution in [3.05, 3.63) is 12.7 Å². The van der Waals surface area contributed by atoms with E-state index in [2.05, 4.69) is 23.9 Å². The lowest BCUT2D eigenvalue weighted by molar-refractivity contribution is -0.141. The fourth-order valence-electron chi connectivity index (χ4n) is 3.97. The van der Waals surface area contributed by atoms with Crippen molar-refractivity contribution in [2.24, 2.45) is 5.92 Å². The SMILES string of the molecule is CC(C)CCN1CCOC2(CCN(C(=O)CCCn3cncn3)CC2)CC1=O. The van der Waals surface area contributed by atoms with Crippen LogP contribution in [0, 0.1) is 5.92 Å². The van der Waals surface area contributed by atoms with Gasteiger partial charge < -0.3 is 14.5 Å². The molecule has 1 aromatic heterocycles. The van der Waals surface area contributed by atoms with E-state index in [0.29, 0.717) is 51.5 Å². The number of ether oxygens (including phenoxy) is 1. The fourth-order valence-corrected chi connectivity index (χ4v) is 3.97. The Morgan fingerprint density at radius 1 is 1.25 bits per heavy atom. The van der Waals surface area contributed by atoms with Gasteiger partial charge in [-0.2, -0.15) is 5.10 Å². The van der Waals surface area contributed by atoms with E-state index >= 15 is 0 Å². The molecule has 2 fully saturated rings. The van der Waals surface area contributed by atoms with Gasteiger partial charge in [-0.25, -0.2) is 4.98 Å². The van der Waals surface area contributed by atoms with Crippen LogP contribution in [0.5, 0.6) is 0 Å². The number of hydrogen-bond acceptors (Lipinski definition) is 5. The van der Waals surface area contributed by atoms with E-state index in [4.69, 9.17) is 4.74 Å². The summed E-state index contributed by atoms with van der Waals surface area (Å²) in [6, 6.07) is 0. The van der Waals surface area contributed by atoms with E-state index in [-0.39, 0.29) is 17.4 Å². The molecular formula is C20H33N5O3. The lowest BCUT2D eigenvalue weighted by Gasteiger charge is -2.40. The number of nitrogens with zero attached hydrogens (tertiary/aromatic N) is 5. The molecule has 0 aliphatic carbocycles. The summed E-state index contributed by atoms with van der Waals surface area (Å²) in [4.78, 5) is 33.0. The fraction of sp³-hybridized carbons (Fsp3) is 0.800. The van der Waals surface area contributed by atoms with Gasteiger partial charge in [0.05, 0.1) is 18.6 Å². The molecule has 1 spiro atoms. The highest BCUT2D eigenvalue weighted by Crippen LogP contribution is 2.32. The van der Waals surface area contributed by atoms with Crippen molar-refractivity contribution in [3.8, 4) is 0 Å². The molecule has 8 heteroatoms. The summed E-state index contributed by atoms with van der Waals surface area (Å²) >= 11 is 0. The second-order valence-electron chi connectivity index (χ2n) is 8.41. The molecule has 0 unspecified atom stereocenters. The summed E-state index contributed by atoms with van der Waals surface area (Å²) in [5.74, 6) is 0.962. The van der Waals surface area contributed by atoms with Gasteiger partial charge in [0.15, 0.2) is 0 Å². The van der Waals surface area contributed by atoms with Crippen molar-refractivity contribution < 1.29 is 14.3 Å². The summed E-state index contributed by atoms with van der Waals surface area (Å²) in [5, 5.41) is 4.06. The first kappa shape index (κ1) is 20.8. The molecule has 1 aromatic rings. The van der Waals surface area contributed by atoms with Crippen molar-refractivity contribution in [1.29, 1.82) is 0 Å². The Morgan fingerprint density at radius 3 is 2.71 bits per heavy atom. The zero-order valence-corrected chi connectivity index (χ0v) is 17.2. The van der Waals surface area contributed by atoms with Crippen molar-refractivity contribution in [1.82, 2.24) is 24.6 Å². The molecule has 2 aliphatic rings. The molecular weight excluding hydrogens is 358 g/mol. The van der Waals surface area contributed by atoms with Crippen LogP contribution in [-0.2, 0) is 20.9 Å². The van der Waals surface area contributed by atoms with Gasteiger partial charge in [-0.05, 0) is 31.6 Å². The number of carbonyl (C=O) groups excluding carboxylic acids is 2. The molecule has 0 atom stereocenters. The largest absolute Gasteiger partial charge is 0.372 e. The quantitative estimate of drug-likeness (QED) is 0.707. The molecule has 0 bridgehead atoms. The second kappa shape index (κ2) is 9.49. The van der Waals surface area contributed by atoms with Crippen molar-refractivity contribution in [2.45, 2.75) is 64.5 Å². The Hall–Kier alpha value is -1.96. The molecule has 0 radical (unpaired) electrons. The van der Waals surface area contributed by atoms with Crippen LogP contribution in [0.3, 0.4) is 0 Å². The topological polar surface area (TPSA) is 80.6 Å². The Labute approximate surface area is 167 Å². The number of amides is 2. The molecule has 3 rings (SSSR count). The van der Waals surface area contributed by atoms with Crippen LogP contribution >= 0.6 is 0 Å². The molecule has 0 saturated carbocycles. The third kappa shape index (κ3) is 5.53. The van der Waals surface area contributed by atoms with Crippen molar-refractivity contribution in [2.75, 3.05) is 32.8 Å². The number of piperidine rings is 1. The number of likely N-dealkylation sites (tertiary alicyclic amines) is 1. The Morgan fingerprint density at radius 2 is 2.04 bits per heavy atom. The molecule has 3 heterocycles. The number of rotatable bonds is 7. The van der Waals surface area contributed by atoms with E-state index in [1.807, 2.05) is 9.80 Å². The highest BCUT2D eigenvalue weighted by molar-refractivity contribution is 5.78. The van der Waals surface area contributed by atoms with E-state index in [9.17, 15) is 9.59 Å². The average Bonchev–Trinajstić information content (AvgIpc) is 3.13. The molecule has 2 amide bonds. The summed E-state index contributed by atoms with van der Waals surface area (Å²) in [7, 11) is 0. The Balaban J connectivity index is 1.44. The third-order valence-corrected chi connectivity index (χ3v) is 5.84. The predicted octanol–water partition coefficient (Wildman–Crippen LogP) is 1.71. The lowest BCUT2D eigenvalue weighted by Crippen LogP contribution is -2.49. The molecule has 0 aromatic carbocycles. The summed E-state index contributed by atoms with van der Waals surface area (Å²) < 4.78 is 7.92. The number of hydrogen-bond donors (Lipinski definition) is 0. The first-order chi connectivity index (χ1) is 13.5. The smallest absolute Gasteiger partial charge is 0.225 e. The minimum absolute atomic E-state index is 0.175. The summed E-state index contributed by atoms with van der Waals surface area (Å²) in [6.45, 7) is 8.48. The van der Waals surface area contributed by atoms with Gasteiger partial charge >= 0.3 is 0 Å². The first-order valence-electron chi connectivity index (χ1n) is 10.5. The number of aryl methyl sites for hydroxylation is 1. The zero-order valence-electron chi connectivity index (χ0n) is 17.2. The minimum atomic E-state index is -0.388. The van der Waals surface area contributed by atoms with Gasteiger partial charge in [0.25, 0.3) is 0 Å². The van der Waals surface area contributed by atoms with Crippen LogP contribution in [0.4, 0.5) is 0 Å². The van der Waals surface area contributed by atoms with Gasteiger partial charge in [0.2, 0.25) is 11.8 Å². The summed E-state index contributed by atoms with van der Waals surface area (Å²) in [5.41, 5.74) is -0.388. The van der Waals surface area contributed by atoms with E-state index in [1.54, 1.807) is 11.0 Å². The molecule has 8 nitrogen and oxygen atoms in total. The van der Waals surface area contributed by atoms with Gasteiger partial charge in [-0.3, -0.25) is 14.3 Å². The lowest BCUT2D eigenvalue weighted by atomic mass is 9.87. The average molecular weight is 392 g/mol. The molecule has 2 saturated heterocycles. The Bertz CT molecular complexity index is 638. The van der Waals surface area contributed by atoms with Gasteiger partial charge in [0, 0.05) is 39.1 Å². The first-order valence-corrected chi connectivity index (χ1v) is 10.5. The maximum Gasteiger partial charge on any atom is 0.225 e. The summed E-state index contributed by atoms with van der Waals surface area (Å²) in [6.07, 6.45) is 7.38. The third-order valence-electron chi connectivity index (χ3n) is 5.84. The van der Waals surface area contributed by atoms with Crippen LogP contribution in [0.1, 0.15) is 52.4 Å². The maximum absolute atomic E-state index is 12.7. The molecule has 156 valence electrons. The Kier molecular flexibility index (Phi) is 7.04. The van der Waals surface area contributed by atoms with Crippen molar-refractivity contribution in [3.63, 3.8) is 0 Å². The van der Waals surface area contributed by atoms with Crippen LogP contribution in [-0.4, -0.2) is 74.8 Å². The molecule has 0 N–H and O–H groups in total.